The highest BCUT2D eigenvalue weighted by molar-refractivity contribution is 5.94. The standard InChI is InChI=1S/C18H19N5O/c1-24-12-8-6-11(7-9-12)15-13-4-2-3-5-14(13)22-18-16(15)17(19)23(20)10-21-18/h6-10,19H,2-5,20H2,1H3. The van der Waals surface area contributed by atoms with E-state index in [1.165, 1.54) is 16.6 Å². The van der Waals surface area contributed by atoms with Gasteiger partial charge in [0.15, 0.2) is 11.1 Å². The van der Waals surface area contributed by atoms with E-state index in [1.807, 2.05) is 24.3 Å². The van der Waals surface area contributed by atoms with Crippen molar-refractivity contribution in [3.8, 4) is 16.9 Å². The SMILES string of the molecule is COc1ccc(-c2c3c(nc4ncn(N)c(=N)c24)CCCC3)cc1. The highest BCUT2D eigenvalue weighted by atomic mass is 16.5. The Labute approximate surface area is 139 Å². The van der Waals surface area contributed by atoms with Gasteiger partial charge in [0.1, 0.15) is 12.1 Å². The Kier molecular flexibility index (Phi) is 3.45. The lowest BCUT2D eigenvalue weighted by molar-refractivity contribution is 0.415. The smallest absolute Gasteiger partial charge is 0.165 e. The first-order valence-electron chi connectivity index (χ1n) is 8.06. The first kappa shape index (κ1) is 14.7. The van der Waals surface area contributed by atoms with E-state index in [4.69, 9.17) is 21.0 Å². The van der Waals surface area contributed by atoms with Gasteiger partial charge in [-0.2, -0.15) is 0 Å². The number of hydrogen-bond donors (Lipinski definition) is 2. The summed E-state index contributed by atoms with van der Waals surface area (Å²) in [7, 11) is 1.65. The van der Waals surface area contributed by atoms with Crippen molar-refractivity contribution in [1.29, 1.82) is 5.41 Å². The number of hydrogen-bond acceptors (Lipinski definition) is 5. The van der Waals surface area contributed by atoms with Crippen LogP contribution < -0.4 is 16.1 Å². The van der Waals surface area contributed by atoms with Crippen LogP contribution in [-0.2, 0) is 12.8 Å². The number of fused-ring (bicyclic) bond motifs is 2. The number of aryl methyl sites for hydroxylation is 1. The third-order valence-corrected chi connectivity index (χ3v) is 4.63. The number of nitrogens with one attached hydrogen (secondary N) is 1. The summed E-state index contributed by atoms with van der Waals surface area (Å²) < 4.78 is 6.50. The Morgan fingerprint density at radius 1 is 1.17 bits per heavy atom. The lowest BCUT2D eigenvalue weighted by Gasteiger charge is -2.21. The van der Waals surface area contributed by atoms with E-state index in [9.17, 15) is 0 Å². The van der Waals surface area contributed by atoms with E-state index in [2.05, 4.69) is 4.98 Å². The molecule has 0 fully saturated rings. The maximum absolute atomic E-state index is 8.41. The van der Waals surface area contributed by atoms with E-state index < -0.39 is 0 Å². The monoisotopic (exact) mass is 321 g/mol. The van der Waals surface area contributed by atoms with Crippen molar-refractivity contribution in [3.05, 3.63) is 47.3 Å². The number of nitrogen functional groups attached to an aromatic ring is 1. The van der Waals surface area contributed by atoms with E-state index >= 15 is 0 Å². The molecule has 1 aliphatic rings. The van der Waals surface area contributed by atoms with Gasteiger partial charge >= 0.3 is 0 Å². The number of nitrogens with zero attached hydrogens (tertiary/aromatic N) is 3. The third kappa shape index (κ3) is 2.22. The number of ether oxygens (including phenoxy) is 1. The first-order chi connectivity index (χ1) is 11.7. The molecule has 0 unspecified atom stereocenters. The number of pyridine rings is 1. The van der Waals surface area contributed by atoms with Gasteiger partial charge in [0.25, 0.3) is 0 Å². The minimum Gasteiger partial charge on any atom is -0.497 e. The van der Waals surface area contributed by atoms with Crippen LogP contribution in [0.1, 0.15) is 24.1 Å². The van der Waals surface area contributed by atoms with Crippen LogP contribution in [-0.4, -0.2) is 21.8 Å². The summed E-state index contributed by atoms with van der Waals surface area (Å²) in [6.07, 6.45) is 5.66. The van der Waals surface area contributed by atoms with Crippen molar-refractivity contribution < 1.29 is 4.74 Å². The molecule has 2 heterocycles. The molecule has 1 aromatic carbocycles. The van der Waals surface area contributed by atoms with Crippen LogP contribution in [0.4, 0.5) is 0 Å². The van der Waals surface area contributed by atoms with E-state index in [-0.39, 0.29) is 5.49 Å². The molecule has 6 nitrogen and oxygen atoms in total. The van der Waals surface area contributed by atoms with Gasteiger partial charge in [-0.1, -0.05) is 12.1 Å². The zero-order valence-electron chi connectivity index (χ0n) is 13.5. The summed E-state index contributed by atoms with van der Waals surface area (Å²) in [4.78, 5) is 9.06. The highest BCUT2D eigenvalue weighted by Gasteiger charge is 2.21. The van der Waals surface area contributed by atoms with Gasteiger partial charge in [-0.15, -0.1) is 0 Å². The average molecular weight is 321 g/mol. The summed E-state index contributed by atoms with van der Waals surface area (Å²) in [5.41, 5.74) is 5.22. The largest absolute Gasteiger partial charge is 0.497 e. The van der Waals surface area contributed by atoms with Crippen molar-refractivity contribution >= 4 is 11.0 Å². The fraction of sp³-hybridized carbons (Fsp3) is 0.278. The second-order valence-electron chi connectivity index (χ2n) is 6.05. The van der Waals surface area contributed by atoms with Crippen molar-refractivity contribution in [3.63, 3.8) is 0 Å². The van der Waals surface area contributed by atoms with E-state index in [0.29, 0.717) is 11.0 Å². The molecule has 0 amide bonds. The lowest BCUT2D eigenvalue weighted by atomic mass is 9.87. The molecule has 122 valence electrons. The molecule has 0 bridgehead atoms. The second-order valence-corrected chi connectivity index (χ2v) is 6.05. The summed E-state index contributed by atoms with van der Waals surface area (Å²) in [6.45, 7) is 0. The Bertz CT molecular complexity index is 975. The Balaban J connectivity index is 2.10. The summed E-state index contributed by atoms with van der Waals surface area (Å²) in [5.74, 6) is 6.68. The Morgan fingerprint density at radius 2 is 1.92 bits per heavy atom. The fourth-order valence-corrected chi connectivity index (χ4v) is 3.43. The predicted molar refractivity (Wildman–Crippen MR) is 92.2 cm³/mol. The number of aromatic nitrogens is 3. The Morgan fingerprint density at radius 3 is 2.67 bits per heavy atom. The molecule has 6 heteroatoms. The first-order valence-corrected chi connectivity index (χ1v) is 8.06. The second kappa shape index (κ2) is 5.63. The number of benzene rings is 1. The van der Waals surface area contributed by atoms with Gasteiger partial charge in [0.2, 0.25) is 0 Å². The van der Waals surface area contributed by atoms with Gasteiger partial charge in [-0.25, -0.2) is 14.6 Å². The normalized spacial score (nSPS) is 13.7. The summed E-state index contributed by atoms with van der Waals surface area (Å²) in [5, 5.41) is 9.12. The molecular weight excluding hydrogens is 302 g/mol. The zero-order valence-corrected chi connectivity index (χ0v) is 13.5. The summed E-state index contributed by atoms with van der Waals surface area (Å²) >= 11 is 0. The lowest BCUT2D eigenvalue weighted by Crippen LogP contribution is -2.28. The molecule has 0 atom stereocenters. The number of nitrogens with two attached hydrogens (primary N) is 1. The third-order valence-electron chi connectivity index (χ3n) is 4.63. The molecule has 4 rings (SSSR count). The molecule has 0 spiro atoms. The molecule has 3 aromatic rings. The van der Waals surface area contributed by atoms with Crippen LogP contribution in [0.5, 0.6) is 5.75 Å². The van der Waals surface area contributed by atoms with Crippen molar-refractivity contribution in [1.82, 2.24) is 14.6 Å². The van der Waals surface area contributed by atoms with Gasteiger partial charge in [-0.05, 0) is 48.9 Å². The Hall–Kier alpha value is -2.89. The average Bonchev–Trinajstić information content (AvgIpc) is 2.63. The van der Waals surface area contributed by atoms with Crippen LogP contribution in [0, 0.1) is 5.41 Å². The highest BCUT2D eigenvalue weighted by Crippen LogP contribution is 2.35. The fourth-order valence-electron chi connectivity index (χ4n) is 3.43. The quantitative estimate of drug-likeness (QED) is 0.708. The van der Waals surface area contributed by atoms with Gasteiger partial charge in [0, 0.05) is 11.3 Å². The molecule has 0 saturated heterocycles. The van der Waals surface area contributed by atoms with E-state index in [1.54, 1.807) is 7.11 Å². The molecular formula is C18H19N5O. The summed E-state index contributed by atoms with van der Waals surface area (Å²) in [6, 6.07) is 7.92. The van der Waals surface area contributed by atoms with Crippen molar-refractivity contribution in [2.45, 2.75) is 25.7 Å². The van der Waals surface area contributed by atoms with Crippen LogP contribution in [0.15, 0.2) is 30.6 Å². The molecule has 3 N–H and O–H groups in total. The topological polar surface area (TPSA) is 89.8 Å². The minimum absolute atomic E-state index is 0.228. The molecule has 2 aromatic heterocycles. The van der Waals surface area contributed by atoms with Gasteiger partial charge in [-0.3, -0.25) is 5.41 Å². The minimum atomic E-state index is 0.228. The van der Waals surface area contributed by atoms with Gasteiger partial charge in [0.05, 0.1) is 12.5 Å². The van der Waals surface area contributed by atoms with Crippen molar-refractivity contribution in [2.75, 3.05) is 13.0 Å². The van der Waals surface area contributed by atoms with Crippen LogP contribution >= 0.6 is 0 Å². The van der Waals surface area contributed by atoms with Crippen LogP contribution in [0.3, 0.4) is 0 Å². The maximum Gasteiger partial charge on any atom is 0.165 e. The maximum atomic E-state index is 8.41. The molecule has 0 saturated carbocycles. The van der Waals surface area contributed by atoms with E-state index in [0.717, 1.165) is 48.3 Å². The zero-order chi connectivity index (χ0) is 16.7. The predicted octanol–water partition coefficient (Wildman–Crippen LogP) is 2.18. The van der Waals surface area contributed by atoms with Crippen LogP contribution in [0.25, 0.3) is 22.2 Å². The van der Waals surface area contributed by atoms with Crippen LogP contribution in [0.2, 0.25) is 0 Å². The van der Waals surface area contributed by atoms with Gasteiger partial charge < -0.3 is 10.6 Å². The molecule has 0 aliphatic heterocycles. The number of methoxy groups -OCH3 is 1. The molecule has 1 aliphatic carbocycles. The molecule has 0 radical (unpaired) electrons. The van der Waals surface area contributed by atoms with Crippen molar-refractivity contribution in [2.24, 2.45) is 0 Å². The number of rotatable bonds is 2. The molecule has 24 heavy (non-hydrogen) atoms.